The molecule has 2 rings (SSSR count). The highest BCUT2D eigenvalue weighted by Gasteiger charge is 2.15. The van der Waals surface area contributed by atoms with Crippen molar-refractivity contribution in [2.75, 3.05) is 0 Å². The Bertz CT molecular complexity index is 603. The monoisotopic (exact) mass is 337 g/mol. The Morgan fingerprint density at radius 3 is 2.55 bits per heavy atom. The molecule has 2 N–H and O–H groups in total. The minimum atomic E-state index is -0.346. The van der Waals surface area contributed by atoms with Gasteiger partial charge in [-0.1, -0.05) is 28.1 Å². The molecule has 0 heterocycles. The SMILES string of the molecule is CC(N[C@H](C)c1cccc(Br)c1)c1cc(F)ccc1O. The van der Waals surface area contributed by atoms with E-state index in [1.807, 2.05) is 38.1 Å². The molecule has 0 bridgehead atoms. The van der Waals surface area contributed by atoms with E-state index in [2.05, 4.69) is 21.2 Å². The van der Waals surface area contributed by atoms with Gasteiger partial charge in [-0.25, -0.2) is 4.39 Å². The van der Waals surface area contributed by atoms with Crippen LogP contribution in [-0.2, 0) is 0 Å². The van der Waals surface area contributed by atoms with Crippen LogP contribution in [0.3, 0.4) is 0 Å². The third kappa shape index (κ3) is 3.58. The maximum absolute atomic E-state index is 13.3. The van der Waals surface area contributed by atoms with Crippen LogP contribution in [0, 0.1) is 5.82 Å². The number of benzene rings is 2. The Kier molecular flexibility index (Phi) is 4.78. The molecule has 1 unspecified atom stereocenters. The largest absolute Gasteiger partial charge is 0.508 e. The highest BCUT2D eigenvalue weighted by atomic mass is 79.9. The van der Waals surface area contributed by atoms with Crippen LogP contribution in [0.1, 0.15) is 37.1 Å². The Morgan fingerprint density at radius 2 is 1.85 bits per heavy atom. The van der Waals surface area contributed by atoms with E-state index in [0.29, 0.717) is 5.56 Å². The van der Waals surface area contributed by atoms with Gasteiger partial charge in [-0.15, -0.1) is 0 Å². The van der Waals surface area contributed by atoms with E-state index in [1.54, 1.807) is 0 Å². The number of hydrogen-bond acceptors (Lipinski definition) is 2. The molecule has 0 aromatic heterocycles. The van der Waals surface area contributed by atoms with Crippen LogP contribution in [-0.4, -0.2) is 5.11 Å². The van der Waals surface area contributed by atoms with Crippen LogP contribution in [0.2, 0.25) is 0 Å². The summed E-state index contributed by atoms with van der Waals surface area (Å²) in [7, 11) is 0. The van der Waals surface area contributed by atoms with Crippen LogP contribution in [0.15, 0.2) is 46.9 Å². The molecule has 0 radical (unpaired) electrons. The highest BCUT2D eigenvalue weighted by molar-refractivity contribution is 9.10. The molecular formula is C16H17BrFNO. The van der Waals surface area contributed by atoms with Crippen LogP contribution in [0.4, 0.5) is 4.39 Å². The average Bonchev–Trinajstić information content (AvgIpc) is 2.41. The zero-order valence-electron chi connectivity index (χ0n) is 11.4. The molecule has 4 heteroatoms. The van der Waals surface area contributed by atoms with Crippen molar-refractivity contribution in [3.63, 3.8) is 0 Å². The molecule has 106 valence electrons. The van der Waals surface area contributed by atoms with Crippen molar-refractivity contribution in [2.45, 2.75) is 25.9 Å². The third-order valence-electron chi connectivity index (χ3n) is 3.30. The second kappa shape index (κ2) is 6.37. The molecule has 0 aliphatic rings. The first kappa shape index (κ1) is 15.0. The summed E-state index contributed by atoms with van der Waals surface area (Å²) < 4.78 is 14.3. The van der Waals surface area contributed by atoms with Gasteiger partial charge in [0.25, 0.3) is 0 Å². The third-order valence-corrected chi connectivity index (χ3v) is 3.80. The number of rotatable bonds is 4. The molecule has 0 amide bonds. The van der Waals surface area contributed by atoms with Crippen molar-refractivity contribution in [1.29, 1.82) is 0 Å². The summed E-state index contributed by atoms with van der Waals surface area (Å²) in [6.07, 6.45) is 0. The number of phenols is 1. The van der Waals surface area contributed by atoms with E-state index in [1.165, 1.54) is 18.2 Å². The lowest BCUT2D eigenvalue weighted by Crippen LogP contribution is -2.22. The quantitative estimate of drug-likeness (QED) is 0.847. The Morgan fingerprint density at radius 1 is 1.10 bits per heavy atom. The Labute approximate surface area is 126 Å². The van der Waals surface area contributed by atoms with E-state index in [9.17, 15) is 9.50 Å². The summed E-state index contributed by atoms with van der Waals surface area (Å²) in [5.41, 5.74) is 1.69. The molecule has 0 aliphatic heterocycles. The van der Waals surface area contributed by atoms with Gasteiger partial charge in [0.1, 0.15) is 11.6 Å². The topological polar surface area (TPSA) is 32.3 Å². The Hall–Kier alpha value is -1.39. The summed E-state index contributed by atoms with van der Waals surface area (Å²) in [6.45, 7) is 3.94. The van der Waals surface area contributed by atoms with Crippen LogP contribution in [0.25, 0.3) is 0 Å². The van der Waals surface area contributed by atoms with E-state index in [-0.39, 0.29) is 23.7 Å². The van der Waals surface area contributed by atoms with E-state index >= 15 is 0 Å². The number of phenolic OH excluding ortho intramolecular Hbond substituents is 1. The second-order valence-electron chi connectivity index (χ2n) is 4.87. The predicted octanol–water partition coefficient (Wildman–Crippen LogP) is 4.71. The molecular weight excluding hydrogens is 321 g/mol. The molecule has 0 saturated heterocycles. The van der Waals surface area contributed by atoms with Crippen molar-refractivity contribution in [2.24, 2.45) is 0 Å². The summed E-state index contributed by atoms with van der Waals surface area (Å²) >= 11 is 3.45. The highest BCUT2D eigenvalue weighted by Crippen LogP contribution is 2.27. The first-order chi connectivity index (χ1) is 9.47. The lowest BCUT2D eigenvalue weighted by atomic mass is 10.0. The fourth-order valence-electron chi connectivity index (χ4n) is 2.21. The molecule has 0 saturated carbocycles. The molecule has 20 heavy (non-hydrogen) atoms. The molecule has 0 spiro atoms. The van der Waals surface area contributed by atoms with Gasteiger partial charge in [-0.3, -0.25) is 0 Å². The number of halogens is 2. The molecule has 0 aliphatic carbocycles. The molecule has 2 atom stereocenters. The van der Waals surface area contributed by atoms with Crippen LogP contribution < -0.4 is 5.32 Å². The van der Waals surface area contributed by atoms with E-state index in [4.69, 9.17) is 0 Å². The van der Waals surface area contributed by atoms with Crippen molar-refractivity contribution in [3.05, 3.63) is 63.9 Å². The standard InChI is InChI=1S/C16H17BrFNO/c1-10(12-4-3-5-13(17)8-12)19-11(2)15-9-14(18)6-7-16(15)20/h3-11,19-20H,1-2H3/t10-,11?/m1/s1. The van der Waals surface area contributed by atoms with Crippen molar-refractivity contribution < 1.29 is 9.50 Å². The van der Waals surface area contributed by atoms with Crippen molar-refractivity contribution in [3.8, 4) is 5.75 Å². The summed E-state index contributed by atoms with van der Waals surface area (Å²) in [4.78, 5) is 0. The van der Waals surface area contributed by atoms with E-state index < -0.39 is 0 Å². The zero-order chi connectivity index (χ0) is 14.7. The molecule has 2 nitrogen and oxygen atoms in total. The Balaban J connectivity index is 2.15. The molecule has 2 aromatic rings. The van der Waals surface area contributed by atoms with Gasteiger partial charge in [0, 0.05) is 22.1 Å². The summed E-state index contributed by atoms with van der Waals surface area (Å²) in [5, 5.41) is 13.2. The van der Waals surface area contributed by atoms with Crippen LogP contribution in [0.5, 0.6) is 5.75 Å². The number of aromatic hydroxyl groups is 1. The second-order valence-corrected chi connectivity index (χ2v) is 5.78. The van der Waals surface area contributed by atoms with Gasteiger partial charge < -0.3 is 10.4 Å². The van der Waals surface area contributed by atoms with Gasteiger partial charge >= 0.3 is 0 Å². The first-order valence-corrected chi connectivity index (χ1v) is 7.26. The first-order valence-electron chi connectivity index (χ1n) is 6.47. The van der Waals surface area contributed by atoms with Gasteiger partial charge in [-0.2, -0.15) is 0 Å². The minimum Gasteiger partial charge on any atom is -0.508 e. The van der Waals surface area contributed by atoms with Gasteiger partial charge in [0.05, 0.1) is 0 Å². The minimum absolute atomic E-state index is 0.0881. The fourth-order valence-corrected chi connectivity index (χ4v) is 2.63. The smallest absolute Gasteiger partial charge is 0.123 e. The van der Waals surface area contributed by atoms with Gasteiger partial charge in [-0.05, 0) is 49.7 Å². The maximum Gasteiger partial charge on any atom is 0.123 e. The van der Waals surface area contributed by atoms with Crippen molar-refractivity contribution >= 4 is 15.9 Å². The lowest BCUT2D eigenvalue weighted by Gasteiger charge is -2.21. The predicted molar refractivity (Wildman–Crippen MR) is 82.2 cm³/mol. The number of nitrogens with one attached hydrogen (secondary N) is 1. The van der Waals surface area contributed by atoms with Gasteiger partial charge in [0.2, 0.25) is 0 Å². The van der Waals surface area contributed by atoms with Crippen molar-refractivity contribution in [1.82, 2.24) is 5.32 Å². The lowest BCUT2D eigenvalue weighted by molar-refractivity contribution is 0.435. The summed E-state index contributed by atoms with van der Waals surface area (Å²) in [5.74, 6) is -0.241. The van der Waals surface area contributed by atoms with Crippen LogP contribution >= 0.6 is 15.9 Å². The normalized spacial score (nSPS) is 14.0. The number of hydrogen-bond donors (Lipinski definition) is 2. The van der Waals surface area contributed by atoms with E-state index in [0.717, 1.165) is 10.0 Å². The maximum atomic E-state index is 13.3. The fraction of sp³-hybridized carbons (Fsp3) is 0.250. The average molecular weight is 338 g/mol. The van der Waals surface area contributed by atoms with Gasteiger partial charge in [0.15, 0.2) is 0 Å². The summed E-state index contributed by atoms with van der Waals surface area (Å²) in [6, 6.07) is 11.9. The zero-order valence-corrected chi connectivity index (χ0v) is 13.0. The molecule has 0 fully saturated rings. The molecule has 2 aromatic carbocycles.